The van der Waals surface area contributed by atoms with E-state index < -0.39 is 0 Å². The summed E-state index contributed by atoms with van der Waals surface area (Å²) in [5.74, 6) is 0.951. The van der Waals surface area contributed by atoms with Crippen LogP contribution in [0.15, 0.2) is 4.99 Å². The van der Waals surface area contributed by atoms with E-state index in [1.807, 2.05) is 0 Å². The highest BCUT2D eigenvalue weighted by molar-refractivity contribution is 14.0. The lowest BCUT2D eigenvalue weighted by molar-refractivity contribution is 0.167. The fraction of sp³-hybridized carbons (Fsp3) is 0.933. The van der Waals surface area contributed by atoms with Gasteiger partial charge in [-0.1, -0.05) is 0 Å². The minimum absolute atomic E-state index is 0. The molecule has 1 saturated heterocycles. The molecule has 0 aliphatic carbocycles. The predicted molar refractivity (Wildman–Crippen MR) is 101 cm³/mol. The number of nitrogens with one attached hydrogen (secondary N) is 2. The zero-order valence-corrected chi connectivity index (χ0v) is 16.4. The second-order valence-electron chi connectivity index (χ2n) is 5.66. The first-order valence-corrected chi connectivity index (χ1v) is 7.95. The number of halogens is 1. The molecule has 0 aromatic heterocycles. The maximum absolute atomic E-state index is 5.05. The summed E-state index contributed by atoms with van der Waals surface area (Å²) in [6, 6.07) is 1.21. The van der Waals surface area contributed by atoms with Crippen LogP contribution >= 0.6 is 24.0 Å². The number of piperidine rings is 1. The van der Waals surface area contributed by atoms with E-state index in [9.17, 15) is 0 Å². The van der Waals surface area contributed by atoms with Crippen LogP contribution in [0.3, 0.4) is 0 Å². The van der Waals surface area contributed by atoms with Crippen LogP contribution in [-0.2, 0) is 4.74 Å². The molecule has 2 N–H and O–H groups in total. The van der Waals surface area contributed by atoms with Gasteiger partial charge in [0.25, 0.3) is 0 Å². The van der Waals surface area contributed by atoms with Crippen molar-refractivity contribution in [3.63, 3.8) is 0 Å². The van der Waals surface area contributed by atoms with Gasteiger partial charge in [0.15, 0.2) is 5.96 Å². The van der Waals surface area contributed by atoms with Gasteiger partial charge >= 0.3 is 0 Å². The average Bonchev–Trinajstić information content (AvgIpc) is 2.44. The summed E-state index contributed by atoms with van der Waals surface area (Å²) in [5.41, 5.74) is 0. The summed E-state index contributed by atoms with van der Waals surface area (Å²) < 4.78 is 5.05. The summed E-state index contributed by atoms with van der Waals surface area (Å²) >= 11 is 0. The van der Waals surface area contributed by atoms with Crippen molar-refractivity contribution in [2.45, 2.75) is 52.1 Å². The van der Waals surface area contributed by atoms with Gasteiger partial charge in [-0.05, 0) is 40.0 Å². The maximum Gasteiger partial charge on any atom is 0.191 e. The Morgan fingerprint density at radius 2 is 2.00 bits per heavy atom. The molecule has 1 heterocycles. The predicted octanol–water partition coefficient (Wildman–Crippen LogP) is 2.07. The Hall–Kier alpha value is -0.0800. The lowest BCUT2D eigenvalue weighted by atomic mass is 10.0. The normalized spacial score (nSPS) is 17.7. The number of guanidine groups is 1. The smallest absolute Gasteiger partial charge is 0.191 e. The fourth-order valence-corrected chi connectivity index (χ4v) is 2.47. The van der Waals surface area contributed by atoms with Gasteiger partial charge in [-0.3, -0.25) is 4.99 Å². The van der Waals surface area contributed by atoms with Crippen molar-refractivity contribution < 1.29 is 4.74 Å². The van der Waals surface area contributed by atoms with Crippen LogP contribution in [-0.4, -0.2) is 62.8 Å². The molecule has 1 rings (SSSR count). The topological polar surface area (TPSA) is 48.9 Å². The van der Waals surface area contributed by atoms with E-state index in [1.165, 1.54) is 25.9 Å². The van der Waals surface area contributed by atoms with Crippen molar-refractivity contribution in [1.29, 1.82) is 0 Å². The van der Waals surface area contributed by atoms with Gasteiger partial charge in [0.05, 0.1) is 0 Å². The van der Waals surface area contributed by atoms with Gasteiger partial charge in [0.1, 0.15) is 0 Å². The van der Waals surface area contributed by atoms with Crippen LogP contribution < -0.4 is 10.6 Å². The molecular formula is C15H33IN4O. The second-order valence-corrected chi connectivity index (χ2v) is 5.66. The molecule has 0 atom stereocenters. The quantitative estimate of drug-likeness (QED) is 0.291. The minimum Gasteiger partial charge on any atom is -0.385 e. The Morgan fingerprint density at radius 1 is 1.33 bits per heavy atom. The fourth-order valence-electron chi connectivity index (χ4n) is 2.47. The van der Waals surface area contributed by atoms with E-state index in [-0.39, 0.29) is 24.0 Å². The third-order valence-electron chi connectivity index (χ3n) is 3.72. The highest BCUT2D eigenvalue weighted by atomic mass is 127. The first-order chi connectivity index (χ1) is 9.67. The van der Waals surface area contributed by atoms with Crippen LogP contribution in [0.2, 0.25) is 0 Å². The van der Waals surface area contributed by atoms with Crippen molar-refractivity contribution in [3.8, 4) is 0 Å². The van der Waals surface area contributed by atoms with Gasteiger partial charge in [-0.2, -0.15) is 0 Å². The Bertz CT molecular complexity index is 279. The number of methoxy groups -OCH3 is 1. The first kappa shape index (κ1) is 20.9. The molecule has 0 radical (unpaired) electrons. The van der Waals surface area contributed by atoms with Gasteiger partial charge in [0, 0.05) is 52.0 Å². The Labute approximate surface area is 147 Å². The molecule has 0 unspecified atom stereocenters. The average molecular weight is 412 g/mol. The Morgan fingerprint density at radius 3 is 2.52 bits per heavy atom. The van der Waals surface area contributed by atoms with E-state index in [4.69, 9.17) is 4.74 Å². The van der Waals surface area contributed by atoms with Gasteiger partial charge in [-0.15, -0.1) is 24.0 Å². The maximum atomic E-state index is 5.05. The van der Waals surface area contributed by atoms with Crippen LogP contribution in [0.25, 0.3) is 0 Å². The third-order valence-corrected chi connectivity index (χ3v) is 3.72. The van der Waals surface area contributed by atoms with Crippen molar-refractivity contribution in [1.82, 2.24) is 15.5 Å². The Kier molecular flexibility index (Phi) is 12.4. The second kappa shape index (κ2) is 12.5. The van der Waals surface area contributed by atoms with Crippen molar-refractivity contribution in [2.75, 3.05) is 39.9 Å². The molecule has 0 aromatic rings. The Balaban J connectivity index is 0.00000400. The van der Waals surface area contributed by atoms with E-state index >= 15 is 0 Å². The lowest BCUT2D eigenvalue weighted by Gasteiger charge is -2.35. The standard InChI is InChI=1S/C15H32N4O.HI/c1-5-16-15(17-9-6-12-20-4)18-14-7-10-19(11-8-14)13(2)3;/h13-14H,5-12H2,1-4H3,(H2,16,17,18);1H. The number of rotatable bonds is 7. The van der Waals surface area contributed by atoms with E-state index in [0.29, 0.717) is 12.1 Å². The number of ether oxygens (including phenoxy) is 1. The van der Waals surface area contributed by atoms with Crippen LogP contribution in [0.5, 0.6) is 0 Å². The number of hydrogen-bond acceptors (Lipinski definition) is 3. The summed E-state index contributed by atoms with van der Waals surface area (Å²) in [6.45, 7) is 11.5. The van der Waals surface area contributed by atoms with Crippen molar-refractivity contribution in [2.24, 2.45) is 4.99 Å². The van der Waals surface area contributed by atoms with Crippen LogP contribution in [0.1, 0.15) is 40.0 Å². The van der Waals surface area contributed by atoms with E-state index in [1.54, 1.807) is 7.11 Å². The molecule has 6 heteroatoms. The zero-order valence-electron chi connectivity index (χ0n) is 14.0. The largest absolute Gasteiger partial charge is 0.385 e. The minimum atomic E-state index is 0. The molecule has 1 aliphatic rings. The summed E-state index contributed by atoms with van der Waals surface area (Å²) in [4.78, 5) is 7.14. The molecular weight excluding hydrogens is 379 g/mol. The van der Waals surface area contributed by atoms with E-state index in [0.717, 1.165) is 32.1 Å². The molecule has 0 aromatic carbocycles. The van der Waals surface area contributed by atoms with Crippen LogP contribution in [0.4, 0.5) is 0 Å². The van der Waals surface area contributed by atoms with Gasteiger partial charge in [-0.25, -0.2) is 0 Å². The number of hydrogen-bond donors (Lipinski definition) is 2. The summed E-state index contributed by atoms with van der Waals surface area (Å²) in [6.07, 6.45) is 3.36. The van der Waals surface area contributed by atoms with Crippen molar-refractivity contribution >= 4 is 29.9 Å². The molecule has 0 amide bonds. The van der Waals surface area contributed by atoms with Gasteiger partial charge < -0.3 is 20.3 Å². The molecule has 1 aliphatic heterocycles. The van der Waals surface area contributed by atoms with Crippen LogP contribution in [0, 0.1) is 0 Å². The molecule has 126 valence electrons. The molecule has 21 heavy (non-hydrogen) atoms. The number of nitrogens with zero attached hydrogens (tertiary/aromatic N) is 2. The molecule has 0 spiro atoms. The first-order valence-electron chi connectivity index (χ1n) is 7.95. The number of likely N-dealkylation sites (tertiary alicyclic amines) is 1. The third kappa shape index (κ3) is 8.83. The molecule has 0 bridgehead atoms. The molecule has 1 fully saturated rings. The van der Waals surface area contributed by atoms with E-state index in [2.05, 4.69) is 41.3 Å². The molecule has 0 saturated carbocycles. The lowest BCUT2D eigenvalue weighted by Crippen LogP contribution is -2.49. The SMILES string of the molecule is CCNC(=NCCCOC)NC1CCN(C(C)C)CC1.I. The van der Waals surface area contributed by atoms with Gasteiger partial charge in [0.2, 0.25) is 0 Å². The summed E-state index contributed by atoms with van der Waals surface area (Å²) in [7, 11) is 1.73. The molecule has 5 nitrogen and oxygen atoms in total. The monoisotopic (exact) mass is 412 g/mol. The zero-order chi connectivity index (χ0) is 14.8. The highest BCUT2D eigenvalue weighted by Gasteiger charge is 2.21. The number of aliphatic imine (C=N–C) groups is 1. The highest BCUT2D eigenvalue weighted by Crippen LogP contribution is 2.12. The van der Waals surface area contributed by atoms with Crippen molar-refractivity contribution in [3.05, 3.63) is 0 Å². The summed E-state index contributed by atoms with van der Waals surface area (Å²) in [5, 5.41) is 6.89.